The molecule has 0 saturated carbocycles. The molecule has 0 spiro atoms. The van der Waals surface area contributed by atoms with Crippen molar-refractivity contribution >= 4 is 10.9 Å². The normalized spacial score (nSPS) is 11.1. The van der Waals surface area contributed by atoms with E-state index in [4.69, 9.17) is 0 Å². The summed E-state index contributed by atoms with van der Waals surface area (Å²) in [5.41, 5.74) is 2.37. The van der Waals surface area contributed by atoms with Gasteiger partial charge in [-0.25, -0.2) is 0 Å². The molecule has 1 aromatic carbocycles. The van der Waals surface area contributed by atoms with Gasteiger partial charge in [-0.3, -0.25) is 4.98 Å². The molecule has 1 heterocycles. The van der Waals surface area contributed by atoms with Crippen LogP contribution in [0.3, 0.4) is 0 Å². The largest absolute Gasteiger partial charge is 0.256 e. The first-order valence-electron chi connectivity index (χ1n) is 4.88. The van der Waals surface area contributed by atoms with E-state index >= 15 is 0 Å². The van der Waals surface area contributed by atoms with Crippen LogP contribution in [0.15, 0.2) is 36.5 Å². The van der Waals surface area contributed by atoms with Crippen LogP contribution in [0.2, 0.25) is 0 Å². The Labute approximate surface area is 84.8 Å². The second-order valence-electron chi connectivity index (χ2n) is 3.92. The molecule has 0 fully saturated rings. The van der Waals surface area contributed by atoms with E-state index in [0.29, 0.717) is 0 Å². The average molecular weight is 184 g/mol. The molecule has 14 heavy (non-hydrogen) atoms. The lowest BCUT2D eigenvalue weighted by Gasteiger charge is -2.04. The highest BCUT2D eigenvalue weighted by Crippen LogP contribution is 2.15. The van der Waals surface area contributed by atoms with Gasteiger partial charge in [-0.2, -0.15) is 0 Å². The third-order valence-corrected chi connectivity index (χ3v) is 2.20. The zero-order chi connectivity index (χ0) is 9.97. The van der Waals surface area contributed by atoms with Crippen LogP contribution in [0.25, 0.3) is 10.9 Å². The standard InChI is InChI=1S/C13H14N/c1-10(2)7-11-8-12-5-3-4-6-13(12)14-9-11/h3-6,8-9H,7H2,1-2H3. The number of pyridine rings is 1. The molecule has 0 aliphatic heterocycles. The molecule has 2 rings (SSSR count). The first-order valence-corrected chi connectivity index (χ1v) is 4.88. The maximum atomic E-state index is 4.42. The number of hydrogen-bond donors (Lipinski definition) is 0. The van der Waals surface area contributed by atoms with Gasteiger partial charge in [0.15, 0.2) is 0 Å². The Balaban J connectivity index is 2.41. The van der Waals surface area contributed by atoms with E-state index in [1.165, 1.54) is 16.9 Å². The van der Waals surface area contributed by atoms with Gasteiger partial charge in [-0.1, -0.05) is 32.0 Å². The Bertz CT molecular complexity index is 432. The molecule has 0 aliphatic carbocycles. The highest BCUT2D eigenvalue weighted by atomic mass is 14.6. The van der Waals surface area contributed by atoms with Gasteiger partial charge in [0.2, 0.25) is 0 Å². The minimum absolute atomic E-state index is 1.03. The van der Waals surface area contributed by atoms with E-state index in [-0.39, 0.29) is 0 Å². The van der Waals surface area contributed by atoms with Crippen LogP contribution in [0.5, 0.6) is 0 Å². The summed E-state index contributed by atoms with van der Waals surface area (Å²) in [5, 5.41) is 1.23. The van der Waals surface area contributed by atoms with E-state index in [1.807, 2.05) is 18.3 Å². The number of nitrogens with zero attached hydrogens (tertiary/aromatic N) is 1. The zero-order valence-electron chi connectivity index (χ0n) is 8.62. The maximum Gasteiger partial charge on any atom is 0.0702 e. The first kappa shape index (κ1) is 9.20. The van der Waals surface area contributed by atoms with Gasteiger partial charge in [0.1, 0.15) is 0 Å². The van der Waals surface area contributed by atoms with Crippen LogP contribution < -0.4 is 0 Å². The Hall–Kier alpha value is -1.37. The lowest BCUT2D eigenvalue weighted by molar-refractivity contribution is 0.952. The third-order valence-electron chi connectivity index (χ3n) is 2.20. The Morgan fingerprint density at radius 2 is 2.00 bits per heavy atom. The number of para-hydroxylation sites is 1. The van der Waals surface area contributed by atoms with Crippen molar-refractivity contribution in [2.24, 2.45) is 0 Å². The molecule has 71 valence electrons. The van der Waals surface area contributed by atoms with Crippen molar-refractivity contribution in [3.63, 3.8) is 0 Å². The van der Waals surface area contributed by atoms with Gasteiger partial charge >= 0.3 is 0 Å². The first-order chi connectivity index (χ1) is 6.75. The van der Waals surface area contributed by atoms with Gasteiger partial charge in [0.05, 0.1) is 5.52 Å². The lowest BCUT2D eigenvalue weighted by atomic mass is 10.0. The Morgan fingerprint density at radius 1 is 1.21 bits per heavy atom. The van der Waals surface area contributed by atoms with Crippen molar-refractivity contribution in [1.82, 2.24) is 4.98 Å². The Morgan fingerprint density at radius 3 is 2.79 bits per heavy atom. The maximum absolute atomic E-state index is 4.42. The molecule has 0 amide bonds. The van der Waals surface area contributed by atoms with Gasteiger partial charge < -0.3 is 0 Å². The average Bonchev–Trinajstić information content (AvgIpc) is 2.17. The van der Waals surface area contributed by atoms with E-state index in [9.17, 15) is 0 Å². The SMILES string of the molecule is C[C](C)Cc1cnc2ccccc2c1. The highest BCUT2D eigenvalue weighted by Gasteiger charge is 2.00. The molecule has 0 N–H and O–H groups in total. The smallest absolute Gasteiger partial charge is 0.0702 e. The van der Waals surface area contributed by atoms with Crippen LogP contribution in [0.1, 0.15) is 19.4 Å². The molecule has 1 nitrogen and oxygen atoms in total. The molecule has 0 saturated heterocycles. The lowest BCUT2D eigenvalue weighted by Crippen LogP contribution is -1.92. The third kappa shape index (κ3) is 1.92. The van der Waals surface area contributed by atoms with Crippen LogP contribution in [0.4, 0.5) is 0 Å². The predicted octanol–water partition coefficient (Wildman–Crippen LogP) is 3.39. The summed E-state index contributed by atoms with van der Waals surface area (Å²) in [6.45, 7) is 4.30. The van der Waals surface area contributed by atoms with Crippen LogP contribution in [-0.2, 0) is 6.42 Å². The van der Waals surface area contributed by atoms with Crippen molar-refractivity contribution in [3.8, 4) is 0 Å². The number of rotatable bonds is 2. The van der Waals surface area contributed by atoms with Crippen LogP contribution in [0, 0.1) is 5.92 Å². The molecule has 0 unspecified atom stereocenters. The number of hydrogen-bond acceptors (Lipinski definition) is 1. The fourth-order valence-corrected chi connectivity index (χ4v) is 1.62. The molecular weight excluding hydrogens is 170 g/mol. The van der Waals surface area contributed by atoms with Crippen molar-refractivity contribution in [1.29, 1.82) is 0 Å². The van der Waals surface area contributed by atoms with Crippen molar-refractivity contribution in [2.45, 2.75) is 20.3 Å². The topological polar surface area (TPSA) is 12.9 Å². The number of fused-ring (bicyclic) bond motifs is 1. The van der Waals surface area contributed by atoms with E-state index in [2.05, 4.69) is 37.0 Å². The summed E-state index contributed by atoms with van der Waals surface area (Å²) < 4.78 is 0. The highest BCUT2D eigenvalue weighted by molar-refractivity contribution is 5.78. The predicted molar refractivity (Wildman–Crippen MR) is 60.0 cm³/mol. The van der Waals surface area contributed by atoms with Crippen molar-refractivity contribution in [3.05, 3.63) is 48.0 Å². The Kier molecular flexibility index (Phi) is 2.49. The van der Waals surface area contributed by atoms with Crippen molar-refractivity contribution in [2.75, 3.05) is 0 Å². The fourth-order valence-electron chi connectivity index (χ4n) is 1.62. The van der Waals surface area contributed by atoms with Gasteiger partial charge in [-0.15, -0.1) is 0 Å². The van der Waals surface area contributed by atoms with E-state index in [0.717, 1.165) is 11.9 Å². The molecule has 0 aliphatic rings. The summed E-state index contributed by atoms with van der Waals surface area (Å²) in [4.78, 5) is 4.42. The number of aromatic nitrogens is 1. The fraction of sp³-hybridized carbons (Fsp3) is 0.231. The summed E-state index contributed by atoms with van der Waals surface area (Å²) in [5.74, 6) is 1.42. The van der Waals surface area contributed by atoms with E-state index in [1.54, 1.807) is 0 Å². The summed E-state index contributed by atoms with van der Waals surface area (Å²) in [6.07, 6.45) is 2.99. The summed E-state index contributed by atoms with van der Waals surface area (Å²) in [7, 11) is 0. The van der Waals surface area contributed by atoms with E-state index < -0.39 is 0 Å². The van der Waals surface area contributed by atoms with Gasteiger partial charge in [-0.05, 0) is 30.0 Å². The molecule has 1 aromatic heterocycles. The molecular formula is C13H14N. The summed E-state index contributed by atoms with van der Waals surface area (Å²) in [6, 6.07) is 10.4. The minimum Gasteiger partial charge on any atom is -0.256 e. The van der Waals surface area contributed by atoms with Gasteiger partial charge in [0, 0.05) is 11.6 Å². The second-order valence-corrected chi connectivity index (χ2v) is 3.92. The second kappa shape index (κ2) is 3.79. The van der Waals surface area contributed by atoms with Crippen molar-refractivity contribution < 1.29 is 0 Å². The van der Waals surface area contributed by atoms with Gasteiger partial charge in [0.25, 0.3) is 0 Å². The molecule has 1 radical (unpaired) electrons. The van der Waals surface area contributed by atoms with Crippen LogP contribution >= 0.6 is 0 Å². The molecule has 1 heteroatoms. The van der Waals surface area contributed by atoms with Crippen LogP contribution in [-0.4, -0.2) is 4.98 Å². The molecule has 0 bridgehead atoms. The molecule has 2 aromatic rings. The zero-order valence-corrected chi connectivity index (χ0v) is 8.62. The minimum atomic E-state index is 1.03. The quantitative estimate of drug-likeness (QED) is 0.697. The number of benzene rings is 1. The summed E-state index contributed by atoms with van der Waals surface area (Å²) >= 11 is 0. The molecule has 0 atom stereocenters. The monoisotopic (exact) mass is 184 g/mol.